The van der Waals surface area contributed by atoms with Gasteiger partial charge in [0.25, 0.3) is 0 Å². The van der Waals surface area contributed by atoms with Crippen LogP contribution in [0.4, 0.5) is 0 Å². The molecular formula is C39H54MoN6O15. The predicted molar refractivity (Wildman–Crippen MR) is 203 cm³/mol. The van der Waals surface area contributed by atoms with Gasteiger partial charge in [-0.05, 0) is 55.7 Å². The molecule has 3 atom stereocenters. The first-order valence-electron chi connectivity index (χ1n) is 18.7. The Morgan fingerprint density at radius 1 is 0.492 bits per heavy atom. The van der Waals surface area contributed by atoms with E-state index in [0.717, 1.165) is 76.0 Å². The van der Waals surface area contributed by atoms with E-state index in [9.17, 15) is 59.4 Å². The maximum Gasteiger partial charge on any atom is 6.00 e. The number of unbranched alkanes of at least 4 members (excludes halogenated alkanes) is 6. The molecule has 3 rings (SSSR count). The summed E-state index contributed by atoms with van der Waals surface area (Å²) < 4.78 is 0. The van der Waals surface area contributed by atoms with Crippen LogP contribution in [0.1, 0.15) is 115 Å². The molecule has 0 aromatic carbocycles. The van der Waals surface area contributed by atoms with Crippen molar-refractivity contribution in [3.05, 3.63) is 72.9 Å². The number of aliphatic hydroxyl groups excluding tert-OH is 3. The van der Waals surface area contributed by atoms with Crippen molar-refractivity contribution >= 4 is 54.0 Å². The standard InChI is InChI=1S/3C7H14O3.3C6H6N2O2.Mo/c3*1-2-3-4-5-6(8)7(9)10;3*9-6(10)2-1-5-3-7-4-8-5;/h3*6,8H,2-5H2,1H3,(H,9,10);3*1-4H,(H,7,8)(H,9,10);/q;;;;;;+6/p-6. The van der Waals surface area contributed by atoms with E-state index < -0.39 is 54.1 Å². The molecule has 0 saturated carbocycles. The van der Waals surface area contributed by atoms with Crippen molar-refractivity contribution < 1.29 is 95.8 Å². The Morgan fingerprint density at radius 2 is 0.721 bits per heavy atom. The maximum atomic E-state index is 9.93. The zero-order valence-corrected chi connectivity index (χ0v) is 36.1. The number of nitrogens with zero attached hydrogens (tertiary/aromatic N) is 3. The molecule has 0 aliphatic heterocycles. The summed E-state index contributed by atoms with van der Waals surface area (Å²) in [5.41, 5.74) is 1.72. The van der Waals surface area contributed by atoms with Gasteiger partial charge in [-0.25, -0.2) is 15.0 Å². The number of carboxylic acid groups (broad SMARTS) is 6. The van der Waals surface area contributed by atoms with Gasteiger partial charge in [-0.2, -0.15) is 0 Å². The van der Waals surface area contributed by atoms with E-state index in [2.05, 4.69) is 29.9 Å². The molecule has 6 N–H and O–H groups in total. The van der Waals surface area contributed by atoms with Gasteiger partial charge in [0.2, 0.25) is 0 Å². The van der Waals surface area contributed by atoms with Crippen molar-refractivity contribution in [2.75, 3.05) is 0 Å². The first-order chi connectivity index (χ1) is 28.4. The number of carboxylic acids is 6. The van der Waals surface area contributed by atoms with Gasteiger partial charge >= 0.3 is 21.1 Å². The largest absolute Gasteiger partial charge is 6.00 e. The van der Waals surface area contributed by atoms with Gasteiger partial charge in [0.05, 0.1) is 90.2 Å². The fourth-order valence-corrected chi connectivity index (χ4v) is 3.67. The number of aromatic amines is 3. The van der Waals surface area contributed by atoms with Gasteiger partial charge in [-0.1, -0.05) is 78.6 Å². The summed E-state index contributed by atoms with van der Waals surface area (Å²) in [4.78, 5) is 78.7. The third-order valence-corrected chi connectivity index (χ3v) is 6.79. The van der Waals surface area contributed by atoms with Crippen molar-refractivity contribution in [3.8, 4) is 0 Å². The molecule has 0 radical (unpaired) electrons. The molecule has 0 saturated heterocycles. The Balaban J connectivity index is -0.000000319. The molecule has 0 aliphatic carbocycles. The third kappa shape index (κ3) is 45.2. The molecule has 22 heteroatoms. The Bertz CT molecular complexity index is 1440. The molecular weight excluding hydrogens is 888 g/mol. The molecule has 21 nitrogen and oxygen atoms in total. The quantitative estimate of drug-likeness (QED) is 0.0343. The van der Waals surface area contributed by atoms with E-state index in [4.69, 9.17) is 15.3 Å². The molecule has 3 unspecified atom stereocenters. The van der Waals surface area contributed by atoms with Crippen molar-refractivity contribution in [3.63, 3.8) is 0 Å². The van der Waals surface area contributed by atoms with E-state index in [-0.39, 0.29) is 21.1 Å². The van der Waals surface area contributed by atoms with Gasteiger partial charge in [-0.3, -0.25) is 0 Å². The monoisotopic (exact) mass is 944 g/mol. The summed E-state index contributed by atoms with van der Waals surface area (Å²) in [7, 11) is 0. The maximum absolute atomic E-state index is 9.93. The summed E-state index contributed by atoms with van der Waals surface area (Å²) in [5.74, 6) is -7.75. The minimum absolute atomic E-state index is 0. The molecule has 0 aliphatic rings. The number of aliphatic carboxylic acids is 6. The summed E-state index contributed by atoms with van der Waals surface area (Å²) in [6.07, 6.45) is 21.4. The number of imidazole rings is 3. The van der Waals surface area contributed by atoms with E-state index in [1.165, 1.54) is 37.2 Å². The molecule has 0 fully saturated rings. The van der Waals surface area contributed by atoms with Crippen LogP contribution in [0, 0.1) is 0 Å². The smallest absolute Gasteiger partial charge is 0.547 e. The molecule has 0 bridgehead atoms. The number of aliphatic hydroxyl groups is 3. The minimum atomic E-state index is -1.36. The van der Waals surface area contributed by atoms with Gasteiger partial charge < -0.3 is 89.7 Å². The SMILES string of the molecule is CCCCCC(O)C(=O)[O-].CCCCCC(O)C(=O)[O-].CCCCCC(O)C(=O)[O-].O=C([O-])C=Cc1c[nH]cn1.O=C([O-])C=Cc1c[nH]cn1.O=C([O-])C=Cc1c[nH]cn1.[Mo+6]. The van der Waals surface area contributed by atoms with Crippen LogP contribution in [-0.2, 0) is 49.8 Å². The van der Waals surface area contributed by atoms with Crippen molar-refractivity contribution in [1.29, 1.82) is 0 Å². The average Bonchev–Trinajstić information content (AvgIpc) is 4.02. The van der Waals surface area contributed by atoms with E-state index in [1.54, 1.807) is 18.6 Å². The second kappa shape index (κ2) is 42.4. The summed E-state index contributed by atoms with van der Waals surface area (Å²) in [6.45, 7) is 6.06. The summed E-state index contributed by atoms with van der Waals surface area (Å²) >= 11 is 0. The number of carbonyl (C=O) groups is 6. The van der Waals surface area contributed by atoms with Gasteiger partial charge in [0.15, 0.2) is 0 Å². The summed E-state index contributed by atoms with van der Waals surface area (Å²) in [5, 5.41) is 85.4. The Hall–Kier alpha value is -5.76. The Labute approximate surface area is 367 Å². The second-order valence-electron chi connectivity index (χ2n) is 11.9. The number of hydrogen-bond acceptors (Lipinski definition) is 18. The van der Waals surface area contributed by atoms with Gasteiger partial charge in [0.1, 0.15) is 0 Å². The van der Waals surface area contributed by atoms with Gasteiger partial charge in [0, 0.05) is 18.6 Å². The van der Waals surface area contributed by atoms with Crippen LogP contribution < -0.4 is 30.6 Å². The molecule has 3 heterocycles. The zero-order chi connectivity index (χ0) is 46.1. The predicted octanol–water partition coefficient (Wildman–Crippen LogP) is -3.45. The molecule has 3 aromatic heterocycles. The third-order valence-electron chi connectivity index (χ3n) is 6.79. The van der Waals surface area contributed by atoms with Gasteiger partial charge in [-0.15, -0.1) is 0 Å². The van der Waals surface area contributed by atoms with Crippen LogP contribution >= 0.6 is 0 Å². The number of H-pyrrole nitrogens is 3. The van der Waals surface area contributed by atoms with Crippen molar-refractivity contribution in [2.45, 2.75) is 116 Å². The van der Waals surface area contributed by atoms with E-state index >= 15 is 0 Å². The van der Waals surface area contributed by atoms with Crippen LogP contribution in [0.2, 0.25) is 0 Å². The van der Waals surface area contributed by atoms with Crippen molar-refractivity contribution in [1.82, 2.24) is 29.9 Å². The normalized spacial score (nSPS) is 11.5. The Kier molecular flexibility index (Phi) is 43.0. The molecule has 336 valence electrons. The summed E-state index contributed by atoms with van der Waals surface area (Å²) in [6, 6.07) is 0. The van der Waals surface area contributed by atoms with E-state index in [1.807, 2.05) is 20.8 Å². The van der Waals surface area contributed by atoms with Crippen LogP contribution in [0.3, 0.4) is 0 Å². The molecule has 0 spiro atoms. The first kappa shape index (κ1) is 61.9. The van der Waals surface area contributed by atoms with Crippen LogP contribution in [0.5, 0.6) is 0 Å². The molecule has 61 heavy (non-hydrogen) atoms. The van der Waals surface area contributed by atoms with E-state index in [0.29, 0.717) is 36.3 Å². The average molecular weight is 943 g/mol. The molecule has 0 amide bonds. The molecule has 3 aromatic rings. The van der Waals surface area contributed by atoms with Crippen LogP contribution in [0.15, 0.2) is 55.8 Å². The zero-order valence-electron chi connectivity index (χ0n) is 34.1. The topological polar surface area (TPSA) is 388 Å². The first-order valence-corrected chi connectivity index (χ1v) is 18.7. The Morgan fingerprint density at radius 3 is 0.869 bits per heavy atom. The van der Waals surface area contributed by atoms with Crippen LogP contribution in [-0.4, -0.2) is 99.4 Å². The van der Waals surface area contributed by atoms with Crippen molar-refractivity contribution in [2.24, 2.45) is 0 Å². The number of aromatic nitrogens is 6. The fourth-order valence-electron chi connectivity index (χ4n) is 3.67. The van der Waals surface area contributed by atoms with Crippen LogP contribution in [0.25, 0.3) is 18.2 Å². The minimum Gasteiger partial charge on any atom is -0.547 e. The fraction of sp³-hybridized carbons (Fsp3) is 0.462. The number of hydrogen-bond donors (Lipinski definition) is 6. The second-order valence-corrected chi connectivity index (χ2v) is 11.9. The number of carbonyl (C=O) groups excluding carboxylic acids is 6. The number of rotatable bonds is 21. The number of nitrogens with one attached hydrogen (secondary N) is 3.